The Morgan fingerprint density at radius 2 is 2.14 bits per heavy atom. The van der Waals surface area contributed by atoms with Gasteiger partial charge in [-0.25, -0.2) is 0 Å². The summed E-state index contributed by atoms with van der Waals surface area (Å²) in [7, 11) is 1.69. The second-order valence-electron chi connectivity index (χ2n) is 7.94. The molecule has 0 aliphatic carbocycles. The molecule has 0 spiro atoms. The first-order valence-electron chi connectivity index (χ1n) is 9.80. The third-order valence-corrected chi connectivity index (χ3v) is 5.29. The standard InChI is InChI=1S/C21H35N3O3.HI/c1-5-22-19(24-15-21(9-11-25)10-12-27-16-21)23-14-20(2,3)17-7-6-8-18(13-17)26-4;/h6-8,13,25H,5,9-12,14-16H2,1-4H3,(H2,22,23,24);1H. The van der Waals surface area contributed by atoms with E-state index in [4.69, 9.17) is 14.5 Å². The Hall–Kier alpha value is -1.06. The highest BCUT2D eigenvalue weighted by atomic mass is 127. The van der Waals surface area contributed by atoms with Crippen molar-refractivity contribution in [3.05, 3.63) is 29.8 Å². The Morgan fingerprint density at radius 1 is 1.36 bits per heavy atom. The molecular formula is C21H36IN3O3. The van der Waals surface area contributed by atoms with Crippen LogP contribution in [0.1, 0.15) is 39.2 Å². The molecule has 0 aromatic heterocycles. The Bertz CT molecular complexity index is 617. The lowest BCUT2D eigenvalue weighted by Crippen LogP contribution is -2.45. The van der Waals surface area contributed by atoms with Crippen molar-refractivity contribution in [2.45, 2.75) is 39.0 Å². The largest absolute Gasteiger partial charge is 0.497 e. The Kier molecular flexibility index (Phi) is 10.5. The maximum atomic E-state index is 9.40. The number of aliphatic hydroxyl groups is 1. The van der Waals surface area contributed by atoms with E-state index in [9.17, 15) is 5.11 Å². The van der Waals surface area contributed by atoms with Crippen LogP contribution >= 0.6 is 24.0 Å². The zero-order valence-electron chi connectivity index (χ0n) is 17.6. The SMILES string of the molecule is CCNC(=NCC(C)(C)c1cccc(OC)c1)NCC1(CCO)CCOC1.I. The molecule has 1 fully saturated rings. The van der Waals surface area contributed by atoms with Crippen LogP contribution < -0.4 is 15.4 Å². The van der Waals surface area contributed by atoms with Gasteiger partial charge in [-0.1, -0.05) is 26.0 Å². The molecule has 0 radical (unpaired) electrons. The van der Waals surface area contributed by atoms with Gasteiger partial charge in [-0.05, 0) is 37.5 Å². The minimum atomic E-state index is -0.115. The van der Waals surface area contributed by atoms with Crippen LogP contribution in [0.15, 0.2) is 29.3 Å². The third kappa shape index (κ3) is 7.08. The Balaban J connectivity index is 0.00000392. The van der Waals surface area contributed by atoms with Gasteiger partial charge in [0.2, 0.25) is 0 Å². The smallest absolute Gasteiger partial charge is 0.191 e. The van der Waals surface area contributed by atoms with Crippen molar-refractivity contribution in [1.29, 1.82) is 0 Å². The molecule has 2 rings (SSSR count). The highest BCUT2D eigenvalue weighted by Gasteiger charge is 2.34. The summed E-state index contributed by atoms with van der Waals surface area (Å²) in [5.74, 6) is 1.67. The van der Waals surface area contributed by atoms with Gasteiger partial charge in [0.05, 0.1) is 20.3 Å². The molecule has 1 unspecified atom stereocenters. The van der Waals surface area contributed by atoms with Crippen LogP contribution in [0.2, 0.25) is 0 Å². The van der Waals surface area contributed by atoms with Crippen LogP contribution in [-0.2, 0) is 10.2 Å². The molecule has 1 heterocycles. The van der Waals surface area contributed by atoms with Crippen molar-refractivity contribution in [3.8, 4) is 5.75 Å². The molecular weight excluding hydrogens is 469 g/mol. The van der Waals surface area contributed by atoms with Crippen molar-refractivity contribution < 1.29 is 14.6 Å². The number of guanidine groups is 1. The fourth-order valence-electron chi connectivity index (χ4n) is 3.34. The monoisotopic (exact) mass is 505 g/mol. The lowest BCUT2D eigenvalue weighted by atomic mass is 9.84. The van der Waals surface area contributed by atoms with E-state index in [0.29, 0.717) is 13.2 Å². The van der Waals surface area contributed by atoms with E-state index in [-0.39, 0.29) is 41.4 Å². The third-order valence-electron chi connectivity index (χ3n) is 5.29. The van der Waals surface area contributed by atoms with Gasteiger partial charge in [0.15, 0.2) is 5.96 Å². The first kappa shape index (κ1) is 25.0. The average Bonchev–Trinajstić information content (AvgIpc) is 3.13. The molecule has 1 aliphatic rings. The fraction of sp³-hybridized carbons (Fsp3) is 0.667. The number of hydrogen-bond donors (Lipinski definition) is 3. The van der Waals surface area contributed by atoms with E-state index in [1.54, 1.807) is 7.11 Å². The molecule has 1 aliphatic heterocycles. The van der Waals surface area contributed by atoms with E-state index in [1.807, 2.05) is 12.1 Å². The molecule has 1 atom stereocenters. The van der Waals surface area contributed by atoms with Crippen LogP contribution in [-0.4, -0.2) is 57.6 Å². The number of nitrogens with one attached hydrogen (secondary N) is 2. The normalized spacial score (nSPS) is 19.8. The van der Waals surface area contributed by atoms with Crippen molar-refractivity contribution in [2.24, 2.45) is 10.4 Å². The molecule has 1 aromatic rings. The lowest BCUT2D eigenvalue weighted by molar-refractivity contribution is 0.127. The highest BCUT2D eigenvalue weighted by molar-refractivity contribution is 14.0. The minimum absolute atomic E-state index is 0. The predicted octanol–water partition coefficient (Wildman–Crippen LogP) is 2.94. The molecule has 6 nitrogen and oxygen atoms in total. The maximum absolute atomic E-state index is 9.40. The van der Waals surface area contributed by atoms with E-state index in [2.05, 4.69) is 43.5 Å². The summed E-state index contributed by atoms with van der Waals surface area (Å²) in [4.78, 5) is 4.82. The zero-order valence-corrected chi connectivity index (χ0v) is 19.9. The molecule has 1 saturated heterocycles. The lowest BCUT2D eigenvalue weighted by Gasteiger charge is -2.28. The first-order chi connectivity index (χ1) is 12.9. The van der Waals surface area contributed by atoms with Crippen LogP contribution in [0.3, 0.4) is 0 Å². The number of aliphatic imine (C=N–C) groups is 1. The number of aliphatic hydroxyl groups excluding tert-OH is 1. The van der Waals surface area contributed by atoms with Crippen molar-refractivity contribution in [1.82, 2.24) is 10.6 Å². The van der Waals surface area contributed by atoms with E-state index < -0.39 is 0 Å². The second kappa shape index (κ2) is 11.8. The predicted molar refractivity (Wildman–Crippen MR) is 125 cm³/mol. The van der Waals surface area contributed by atoms with Crippen molar-refractivity contribution >= 4 is 29.9 Å². The summed E-state index contributed by atoms with van der Waals surface area (Å²) < 4.78 is 10.9. The Labute approximate surface area is 186 Å². The number of rotatable bonds is 9. The zero-order chi connectivity index (χ0) is 19.8. The molecule has 3 N–H and O–H groups in total. The summed E-state index contributed by atoms with van der Waals surface area (Å²) in [6, 6.07) is 8.16. The van der Waals surface area contributed by atoms with Gasteiger partial charge in [-0.15, -0.1) is 24.0 Å². The maximum Gasteiger partial charge on any atom is 0.191 e. The van der Waals surface area contributed by atoms with Crippen LogP contribution in [0.4, 0.5) is 0 Å². The quantitative estimate of drug-likeness (QED) is 0.274. The molecule has 160 valence electrons. The van der Waals surface area contributed by atoms with Gasteiger partial charge >= 0.3 is 0 Å². The number of methoxy groups -OCH3 is 1. The van der Waals surface area contributed by atoms with E-state index in [1.165, 1.54) is 5.56 Å². The summed E-state index contributed by atoms with van der Waals surface area (Å²) >= 11 is 0. The fourth-order valence-corrected chi connectivity index (χ4v) is 3.34. The van der Waals surface area contributed by atoms with Gasteiger partial charge < -0.3 is 25.2 Å². The number of halogens is 1. The van der Waals surface area contributed by atoms with Crippen molar-refractivity contribution in [2.75, 3.05) is 46.6 Å². The summed E-state index contributed by atoms with van der Waals surface area (Å²) in [5, 5.41) is 16.2. The second-order valence-corrected chi connectivity index (χ2v) is 7.94. The molecule has 0 saturated carbocycles. The van der Waals surface area contributed by atoms with Crippen LogP contribution in [0.5, 0.6) is 5.75 Å². The van der Waals surface area contributed by atoms with Crippen molar-refractivity contribution in [3.63, 3.8) is 0 Å². The average molecular weight is 505 g/mol. The van der Waals surface area contributed by atoms with Gasteiger partial charge in [0.25, 0.3) is 0 Å². The van der Waals surface area contributed by atoms with Gasteiger partial charge in [0, 0.05) is 37.1 Å². The summed E-state index contributed by atoms with van der Waals surface area (Å²) in [6.07, 6.45) is 1.71. The number of ether oxygens (including phenoxy) is 2. The molecule has 0 bridgehead atoms. The molecule has 7 heteroatoms. The number of benzene rings is 1. The molecule has 1 aromatic carbocycles. The highest BCUT2D eigenvalue weighted by Crippen LogP contribution is 2.31. The van der Waals surface area contributed by atoms with E-state index >= 15 is 0 Å². The van der Waals surface area contributed by atoms with Crippen LogP contribution in [0.25, 0.3) is 0 Å². The summed E-state index contributed by atoms with van der Waals surface area (Å²) in [6.45, 7) is 10.3. The van der Waals surface area contributed by atoms with E-state index in [0.717, 1.165) is 44.2 Å². The summed E-state index contributed by atoms with van der Waals surface area (Å²) in [5.41, 5.74) is 1.08. The van der Waals surface area contributed by atoms with Gasteiger partial charge in [-0.3, -0.25) is 4.99 Å². The number of nitrogens with zero attached hydrogens (tertiary/aromatic N) is 1. The minimum Gasteiger partial charge on any atom is -0.497 e. The first-order valence-corrected chi connectivity index (χ1v) is 9.80. The van der Waals surface area contributed by atoms with Gasteiger partial charge in [-0.2, -0.15) is 0 Å². The number of hydrogen-bond acceptors (Lipinski definition) is 4. The molecule has 0 amide bonds. The topological polar surface area (TPSA) is 75.1 Å². The van der Waals surface area contributed by atoms with Gasteiger partial charge in [0.1, 0.15) is 5.75 Å². The van der Waals surface area contributed by atoms with Crippen LogP contribution in [0, 0.1) is 5.41 Å². The Morgan fingerprint density at radius 3 is 2.75 bits per heavy atom. The molecule has 28 heavy (non-hydrogen) atoms.